The van der Waals surface area contributed by atoms with Crippen molar-refractivity contribution in [2.24, 2.45) is 0 Å². The van der Waals surface area contributed by atoms with Crippen LogP contribution in [-0.2, 0) is 28.6 Å². The molecule has 6 heteroatoms. The van der Waals surface area contributed by atoms with E-state index in [2.05, 4.69) is 191 Å². The Morgan fingerprint density at radius 1 is 0.253 bits per heavy atom. The first-order valence-corrected chi connectivity index (χ1v) is 33.6. The van der Waals surface area contributed by atoms with Gasteiger partial charge in [0.05, 0.1) is 0 Å². The molecule has 0 rings (SSSR count). The summed E-state index contributed by atoms with van der Waals surface area (Å²) in [5, 5.41) is 0. The monoisotopic (exact) mass is 1140 g/mol. The van der Waals surface area contributed by atoms with Crippen LogP contribution in [0, 0.1) is 0 Å². The molecule has 1 atom stereocenters. The molecule has 1 unspecified atom stereocenters. The lowest BCUT2D eigenvalue weighted by Crippen LogP contribution is -2.30. The quantitative estimate of drug-likeness (QED) is 0.0261. The number of ether oxygens (including phenoxy) is 3. The van der Waals surface area contributed by atoms with Crippen molar-refractivity contribution in [3.63, 3.8) is 0 Å². The number of esters is 3. The second-order valence-electron chi connectivity index (χ2n) is 21.6. The molecule has 0 N–H and O–H groups in total. The van der Waals surface area contributed by atoms with Gasteiger partial charge in [-0.1, -0.05) is 281 Å². The largest absolute Gasteiger partial charge is 0.462 e. The first-order chi connectivity index (χ1) is 41.0. The zero-order valence-corrected chi connectivity index (χ0v) is 53.4. The highest BCUT2D eigenvalue weighted by Crippen LogP contribution is 2.14. The van der Waals surface area contributed by atoms with E-state index in [4.69, 9.17) is 14.2 Å². The minimum atomic E-state index is -0.804. The highest BCUT2D eigenvalue weighted by atomic mass is 16.6. The summed E-state index contributed by atoms with van der Waals surface area (Å²) in [6, 6.07) is 0. The average molecular weight is 1140 g/mol. The van der Waals surface area contributed by atoms with E-state index in [9.17, 15) is 14.4 Å². The van der Waals surface area contributed by atoms with Gasteiger partial charge >= 0.3 is 17.9 Å². The average Bonchev–Trinajstić information content (AvgIpc) is 3.48. The van der Waals surface area contributed by atoms with Crippen molar-refractivity contribution in [2.45, 2.75) is 284 Å². The van der Waals surface area contributed by atoms with E-state index < -0.39 is 6.10 Å². The van der Waals surface area contributed by atoms with Crippen LogP contribution in [0.15, 0.2) is 170 Å². The maximum absolute atomic E-state index is 12.9. The number of hydrogen-bond donors (Lipinski definition) is 0. The highest BCUT2D eigenvalue weighted by Gasteiger charge is 2.19. The van der Waals surface area contributed by atoms with Gasteiger partial charge in [-0.2, -0.15) is 0 Å². The number of unbranched alkanes of at least 4 members (excludes halogenated alkanes) is 20. The van der Waals surface area contributed by atoms with E-state index in [1.54, 1.807) is 0 Å². The van der Waals surface area contributed by atoms with Crippen molar-refractivity contribution in [1.82, 2.24) is 0 Å². The van der Waals surface area contributed by atoms with Crippen molar-refractivity contribution >= 4 is 17.9 Å². The van der Waals surface area contributed by atoms with Crippen LogP contribution in [0.1, 0.15) is 278 Å². The van der Waals surface area contributed by atoms with Gasteiger partial charge in [-0.25, -0.2) is 0 Å². The molecular weight excluding hydrogens is 1020 g/mol. The molecule has 0 aromatic rings. The summed E-state index contributed by atoms with van der Waals surface area (Å²) in [6.45, 7) is 6.34. The fourth-order valence-corrected chi connectivity index (χ4v) is 8.70. The molecule has 0 aromatic carbocycles. The molecule has 0 spiro atoms. The van der Waals surface area contributed by atoms with Crippen molar-refractivity contribution < 1.29 is 28.6 Å². The Kier molecular flexibility index (Phi) is 64.9. The Hall–Kier alpha value is -5.23. The summed E-state index contributed by atoms with van der Waals surface area (Å²) < 4.78 is 16.9. The number of hydrogen-bond acceptors (Lipinski definition) is 6. The lowest BCUT2D eigenvalue weighted by atomic mass is 10.1. The fourth-order valence-electron chi connectivity index (χ4n) is 8.70. The molecule has 6 nitrogen and oxygen atoms in total. The molecule has 83 heavy (non-hydrogen) atoms. The number of carbonyl (C=O) groups is 3. The smallest absolute Gasteiger partial charge is 0.306 e. The molecule has 0 saturated carbocycles. The van der Waals surface area contributed by atoms with Gasteiger partial charge in [0.2, 0.25) is 0 Å². The van der Waals surface area contributed by atoms with Gasteiger partial charge < -0.3 is 14.2 Å². The second kappa shape index (κ2) is 69.3. The Balaban J connectivity index is 4.37. The van der Waals surface area contributed by atoms with E-state index in [0.717, 1.165) is 173 Å². The van der Waals surface area contributed by atoms with E-state index in [1.165, 1.54) is 64.2 Å². The van der Waals surface area contributed by atoms with Crippen LogP contribution >= 0.6 is 0 Å². The van der Waals surface area contributed by atoms with Crippen LogP contribution in [0.4, 0.5) is 0 Å². The molecule has 0 aliphatic heterocycles. The van der Waals surface area contributed by atoms with Gasteiger partial charge in [0.25, 0.3) is 0 Å². The third kappa shape index (κ3) is 67.4. The van der Waals surface area contributed by atoms with E-state index in [0.29, 0.717) is 19.3 Å². The molecule has 466 valence electrons. The maximum Gasteiger partial charge on any atom is 0.306 e. The van der Waals surface area contributed by atoms with E-state index >= 15 is 0 Å². The van der Waals surface area contributed by atoms with Crippen LogP contribution in [0.3, 0.4) is 0 Å². The van der Waals surface area contributed by atoms with Gasteiger partial charge in [0.1, 0.15) is 13.2 Å². The maximum atomic E-state index is 12.9. The Bertz CT molecular complexity index is 1890. The zero-order chi connectivity index (χ0) is 59.9. The standard InChI is InChI=1S/C77H122O6/c1-4-7-10-13-16-19-22-24-26-28-30-32-34-36-37-38-39-41-42-44-46-48-50-52-55-58-61-64-67-70-76(79)82-73-74(72-81-75(78)69-66-63-60-57-54-21-18-15-12-9-6-3)83-77(80)71-68-65-62-59-56-53-51-49-47-45-43-40-35-33-31-29-27-25-23-20-17-14-11-8-5-2/h7-8,10-11,15-20,24-27,30-33,36-37,39-41,43-44,46-47,49,74H,4-6,9,12-14,21-23,28-29,34-35,38,42,45,48,50-73H2,1-3H3/b10-7-,11-8-,18-15-,19-16-,20-17-,26-24-,27-25-,32-30-,33-31-,37-36-,41-39-,43-40-,46-44-,49-47-. The summed E-state index contributed by atoms with van der Waals surface area (Å²) in [5.41, 5.74) is 0. The van der Waals surface area contributed by atoms with Gasteiger partial charge in [0, 0.05) is 19.3 Å². The predicted molar refractivity (Wildman–Crippen MR) is 361 cm³/mol. The van der Waals surface area contributed by atoms with Crippen molar-refractivity contribution in [3.05, 3.63) is 170 Å². The number of rotatable bonds is 59. The number of allylic oxidation sites excluding steroid dienone is 28. The van der Waals surface area contributed by atoms with Crippen LogP contribution in [0.5, 0.6) is 0 Å². The zero-order valence-electron chi connectivity index (χ0n) is 53.4. The highest BCUT2D eigenvalue weighted by molar-refractivity contribution is 5.71. The Morgan fingerprint density at radius 3 is 0.747 bits per heavy atom. The fraction of sp³-hybridized carbons (Fsp3) is 0.597. The van der Waals surface area contributed by atoms with Gasteiger partial charge in [-0.3, -0.25) is 14.4 Å². The van der Waals surface area contributed by atoms with Gasteiger partial charge in [-0.15, -0.1) is 0 Å². The first-order valence-electron chi connectivity index (χ1n) is 33.6. The van der Waals surface area contributed by atoms with Crippen molar-refractivity contribution in [1.29, 1.82) is 0 Å². The lowest BCUT2D eigenvalue weighted by Gasteiger charge is -2.18. The summed E-state index contributed by atoms with van der Waals surface area (Å²) in [7, 11) is 0. The van der Waals surface area contributed by atoms with E-state index in [1.807, 2.05) is 0 Å². The molecule has 0 aliphatic carbocycles. The molecule has 0 saturated heterocycles. The Morgan fingerprint density at radius 2 is 0.470 bits per heavy atom. The third-order valence-corrected chi connectivity index (χ3v) is 13.7. The minimum Gasteiger partial charge on any atom is -0.462 e. The van der Waals surface area contributed by atoms with Crippen LogP contribution in [0.2, 0.25) is 0 Å². The molecule has 0 amide bonds. The third-order valence-electron chi connectivity index (χ3n) is 13.7. The second-order valence-corrected chi connectivity index (χ2v) is 21.6. The molecule has 0 aliphatic rings. The van der Waals surface area contributed by atoms with Crippen molar-refractivity contribution in [2.75, 3.05) is 13.2 Å². The molecule has 0 fully saturated rings. The molecule has 0 aromatic heterocycles. The lowest BCUT2D eigenvalue weighted by molar-refractivity contribution is -0.167. The molecule has 0 radical (unpaired) electrons. The van der Waals surface area contributed by atoms with Crippen LogP contribution < -0.4 is 0 Å². The molecule has 0 bridgehead atoms. The van der Waals surface area contributed by atoms with E-state index in [-0.39, 0.29) is 31.1 Å². The Labute approximate surface area is 511 Å². The van der Waals surface area contributed by atoms with Crippen molar-refractivity contribution in [3.8, 4) is 0 Å². The summed E-state index contributed by atoms with van der Waals surface area (Å²) in [5.74, 6) is -0.937. The van der Waals surface area contributed by atoms with Crippen LogP contribution in [-0.4, -0.2) is 37.2 Å². The predicted octanol–water partition coefficient (Wildman–Crippen LogP) is 23.4. The molecular formula is C77H122O6. The van der Waals surface area contributed by atoms with Crippen LogP contribution in [0.25, 0.3) is 0 Å². The first kappa shape index (κ1) is 77.8. The number of carbonyl (C=O) groups excluding carboxylic acids is 3. The van der Waals surface area contributed by atoms with Gasteiger partial charge in [0.15, 0.2) is 6.10 Å². The normalized spacial score (nSPS) is 13.2. The topological polar surface area (TPSA) is 78.9 Å². The minimum absolute atomic E-state index is 0.0990. The molecule has 0 heterocycles. The van der Waals surface area contributed by atoms with Gasteiger partial charge in [-0.05, 0) is 148 Å². The summed E-state index contributed by atoms with van der Waals surface area (Å²) in [4.78, 5) is 38.3. The summed E-state index contributed by atoms with van der Waals surface area (Å²) >= 11 is 0. The SMILES string of the molecule is CC/C=C\C/C=C\C/C=C\C/C=C\C/C=C\C/C=C\C/C=C\CCCCCCCCCC(=O)OCC(COC(=O)CCCCCCC/C=C\CCCC)OC(=O)CCCCCCCC/C=C\C/C=C\C/C=C\C/C=C\C/C=C\C/C=C\CC. The summed E-state index contributed by atoms with van der Waals surface area (Å²) in [6.07, 6.45) is 102.